The molecule has 4 heterocycles. The van der Waals surface area contributed by atoms with Gasteiger partial charge in [-0.25, -0.2) is 4.98 Å². The van der Waals surface area contributed by atoms with Crippen LogP contribution in [0.25, 0.3) is 22.3 Å². The van der Waals surface area contributed by atoms with Crippen molar-refractivity contribution < 1.29 is 9.36 Å². The van der Waals surface area contributed by atoms with Crippen LogP contribution in [0.5, 0.6) is 0 Å². The van der Waals surface area contributed by atoms with E-state index in [1.807, 2.05) is 29.0 Å². The van der Waals surface area contributed by atoms with Gasteiger partial charge in [0.15, 0.2) is 12.0 Å². The molecule has 4 aromatic rings. The van der Waals surface area contributed by atoms with Gasteiger partial charge in [0.2, 0.25) is 12.1 Å². The third kappa shape index (κ3) is 2.89. The molecule has 0 aliphatic heterocycles. The van der Waals surface area contributed by atoms with Gasteiger partial charge in [-0.2, -0.15) is 14.9 Å². The fourth-order valence-corrected chi connectivity index (χ4v) is 3.58. The highest BCUT2D eigenvalue weighted by atomic mass is 32.1. The number of aromatic amines is 1. The molecule has 0 atom stereocenters. The Morgan fingerprint density at radius 1 is 1.42 bits per heavy atom. The lowest BCUT2D eigenvalue weighted by Gasteiger charge is -2.04. The summed E-state index contributed by atoms with van der Waals surface area (Å²) in [5.74, 6) is 0.244. The Morgan fingerprint density at radius 2 is 2.35 bits per heavy atom. The lowest BCUT2D eigenvalue weighted by Crippen LogP contribution is -2.40. The molecule has 0 aromatic carbocycles. The first-order valence-electron chi connectivity index (χ1n) is 7.65. The predicted octanol–water partition coefficient (Wildman–Crippen LogP) is 1.88. The molecule has 4 rings (SSSR count). The maximum atomic E-state index is 12.6. The van der Waals surface area contributed by atoms with Crippen LogP contribution in [0.15, 0.2) is 48.5 Å². The second-order valence-corrected chi connectivity index (χ2v) is 6.30. The van der Waals surface area contributed by atoms with Crippen molar-refractivity contribution >= 4 is 33.1 Å². The number of nitrogens with one attached hydrogen (secondary N) is 2. The molecule has 126 valence electrons. The Bertz CT molecular complexity index is 1120. The minimum absolute atomic E-state index is 0.136. The number of carbonyl (C=O) groups is 1. The molecular weight excluding hydrogens is 350 g/mol. The number of pyridine rings is 2. The summed E-state index contributed by atoms with van der Waals surface area (Å²) < 4.78 is 1.85. The molecule has 0 saturated heterocycles. The van der Waals surface area contributed by atoms with Crippen molar-refractivity contribution in [2.45, 2.75) is 6.54 Å². The summed E-state index contributed by atoms with van der Waals surface area (Å²) in [5.41, 5.74) is 1.90. The molecule has 0 aliphatic rings. The largest absolute Gasteiger partial charge is 0.312 e. The molecule has 8 nitrogen and oxygen atoms in total. The summed E-state index contributed by atoms with van der Waals surface area (Å²) in [6.45, 7) is 0.136. The maximum Gasteiger partial charge on any atom is 0.290 e. The highest BCUT2D eigenvalue weighted by molar-refractivity contribution is 7.15. The average molecular weight is 362 g/mol. The lowest BCUT2D eigenvalue weighted by molar-refractivity contribution is -0.658. The summed E-state index contributed by atoms with van der Waals surface area (Å²) in [4.78, 5) is 20.8. The first-order valence-corrected chi connectivity index (χ1v) is 8.53. The molecule has 2 N–H and O–H groups in total. The number of thiophene rings is 1. The van der Waals surface area contributed by atoms with Crippen LogP contribution >= 0.6 is 11.3 Å². The van der Waals surface area contributed by atoms with Gasteiger partial charge in [0.25, 0.3) is 5.91 Å². The van der Waals surface area contributed by atoms with Gasteiger partial charge in [0, 0.05) is 29.9 Å². The fourth-order valence-electron chi connectivity index (χ4n) is 2.67. The van der Waals surface area contributed by atoms with Gasteiger partial charge < -0.3 is 5.32 Å². The smallest absolute Gasteiger partial charge is 0.290 e. The molecule has 0 aliphatic carbocycles. The minimum Gasteiger partial charge on any atom is -0.312 e. The average Bonchev–Trinajstić information content (AvgIpc) is 3.31. The van der Waals surface area contributed by atoms with Gasteiger partial charge in [-0.1, -0.05) is 0 Å². The van der Waals surface area contributed by atoms with E-state index in [1.165, 1.54) is 17.7 Å². The predicted molar refractivity (Wildman–Crippen MR) is 95.0 cm³/mol. The molecule has 4 aromatic heterocycles. The second kappa shape index (κ2) is 6.70. The lowest BCUT2D eigenvalue weighted by atomic mass is 10.2. The number of nitriles is 1. The standard InChI is InChI=1S/C17H11N7OS/c18-6-12-9-26-17(15(12)16-20-10-21-23-16)22-14(25)8-24-5-1-2-11-7-19-4-3-13(11)24/h1-5,7,9-10H,8H2,(H-,20,21,22,23,25)/p+1. The van der Waals surface area contributed by atoms with E-state index in [4.69, 9.17) is 0 Å². The van der Waals surface area contributed by atoms with Gasteiger partial charge in [-0.3, -0.25) is 14.9 Å². The number of carbonyl (C=O) groups excluding carboxylic acids is 1. The normalized spacial score (nSPS) is 10.6. The van der Waals surface area contributed by atoms with Crippen molar-refractivity contribution in [3.63, 3.8) is 0 Å². The third-order valence-electron chi connectivity index (χ3n) is 3.81. The Morgan fingerprint density at radius 3 is 3.15 bits per heavy atom. The first kappa shape index (κ1) is 15.9. The molecule has 9 heteroatoms. The Balaban J connectivity index is 1.62. The first-order chi connectivity index (χ1) is 12.8. The van der Waals surface area contributed by atoms with Crippen molar-refractivity contribution in [3.05, 3.63) is 54.1 Å². The number of amides is 1. The summed E-state index contributed by atoms with van der Waals surface area (Å²) in [6.07, 6.45) is 6.65. The van der Waals surface area contributed by atoms with E-state index in [9.17, 15) is 10.1 Å². The van der Waals surface area contributed by atoms with Crippen LogP contribution in [-0.2, 0) is 11.3 Å². The second-order valence-electron chi connectivity index (χ2n) is 5.42. The Kier molecular flexibility index (Phi) is 4.09. The number of fused-ring (bicyclic) bond motifs is 1. The van der Waals surface area contributed by atoms with Crippen LogP contribution in [0.3, 0.4) is 0 Å². The van der Waals surface area contributed by atoms with Crippen molar-refractivity contribution in [1.29, 1.82) is 5.26 Å². The fraction of sp³-hybridized carbons (Fsp3) is 0.0588. The number of hydrogen-bond donors (Lipinski definition) is 2. The number of aromatic nitrogens is 5. The molecule has 26 heavy (non-hydrogen) atoms. The van der Waals surface area contributed by atoms with E-state index in [0.717, 1.165) is 10.9 Å². The number of hydrogen-bond acceptors (Lipinski definition) is 6. The Labute approximate surface area is 151 Å². The van der Waals surface area contributed by atoms with Crippen LogP contribution < -0.4 is 9.88 Å². The maximum absolute atomic E-state index is 12.6. The zero-order chi connectivity index (χ0) is 17.9. The highest BCUT2D eigenvalue weighted by Gasteiger charge is 2.20. The SMILES string of the molecule is N#Cc1csc(NC(=O)C[n+]2cccc3cnccc32)c1-c1ncn[nH]1. The van der Waals surface area contributed by atoms with Crippen molar-refractivity contribution in [3.8, 4) is 17.5 Å². The summed E-state index contributed by atoms with van der Waals surface area (Å²) in [7, 11) is 0. The van der Waals surface area contributed by atoms with Crippen LogP contribution in [0.4, 0.5) is 5.00 Å². The zero-order valence-corrected chi connectivity index (χ0v) is 14.2. The molecular formula is C17H12N7OS+. The molecule has 0 unspecified atom stereocenters. The molecule has 0 spiro atoms. The topological polar surface area (TPSA) is 111 Å². The number of H-pyrrole nitrogens is 1. The zero-order valence-electron chi connectivity index (χ0n) is 13.4. The van der Waals surface area contributed by atoms with Gasteiger partial charge in [-0.15, -0.1) is 11.3 Å². The monoisotopic (exact) mass is 362 g/mol. The molecule has 1 amide bonds. The molecule has 0 radical (unpaired) electrons. The van der Waals surface area contributed by atoms with Gasteiger partial charge in [0.1, 0.15) is 17.4 Å². The quantitative estimate of drug-likeness (QED) is 0.539. The van der Waals surface area contributed by atoms with Crippen molar-refractivity contribution in [1.82, 2.24) is 20.2 Å². The van der Waals surface area contributed by atoms with E-state index in [-0.39, 0.29) is 12.5 Å². The van der Waals surface area contributed by atoms with Crippen molar-refractivity contribution in [2.75, 3.05) is 5.32 Å². The summed E-state index contributed by atoms with van der Waals surface area (Å²) in [6, 6.07) is 7.79. The van der Waals surface area contributed by atoms with Crippen LogP contribution in [0.1, 0.15) is 5.56 Å². The van der Waals surface area contributed by atoms with Gasteiger partial charge in [0.05, 0.1) is 16.5 Å². The van der Waals surface area contributed by atoms with Crippen LogP contribution in [0.2, 0.25) is 0 Å². The highest BCUT2D eigenvalue weighted by Crippen LogP contribution is 2.34. The van der Waals surface area contributed by atoms with Gasteiger partial charge in [-0.05, 0) is 6.07 Å². The molecule has 0 bridgehead atoms. The van der Waals surface area contributed by atoms with Gasteiger partial charge >= 0.3 is 0 Å². The van der Waals surface area contributed by atoms with E-state index in [2.05, 4.69) is 31.6 Å². The van der Waals surface area contributed by atoms with Crippen LogP contribution in [-0.4, -0.2) is 26.1 Å². The van der Waals surface area contributed by atoms with E-state index in [1.54, 1.807) is 17.8 Å². The van der Waals surface area contributed by atoms with E-state index in [0.29, 0.717) is 22.0 Å². The number of anilines is 1. The van der Waals surface area contributed by atoms with E-state index < -0.39 is 0 Å². The summed E-state index contributed by atoms with van der Waals surface area (Å²) >= 11 is 1.28. The number of rotatable bonds is 4. The Hall–Kier alpha value is -3.64. The molecule has 0 fully saturated rings. The summed E-state index contributed by atoms with van der Waals surface area (Å²) in [5, 5.41) is 21.9. The third-order valence-corrected chi connectivity index (χ3v) is 4.70. The molecule has 0 saturated carbocycles. The van der Waals surface area contributed by atoms with Crippen molar-refractivity contribution in [2.24, 2.45) is 0 Å². The van der Waals surface area contributed by atoms with E-state index >= 15 is 0 Å². The van der Waals surface area contributed by atoms with Crippen LogP contribution in [0, 0.1) is 11.3 Å². The number of nitrogens with zero attached hydrogens (tertiary/aromatic N) is 5. The minimum atomic E-state index is -0.202.